The van der Waals surface area contributed by atoms with Crippen LogP contribution in [-0.4, -0.2) is 24.7 Å². The summed E-state index contributed by atoms with van der Waals surface area (Å²) in [7, 11) is 1.89. The van der Waals surface area contributed by atoms with Gasteiger partial charge in [-0.05, 0) is 6.92 Å². The van der Waals surface area contributed by atoms with Gasteiger partial charge in [-0.2, -0.15) is 0 Å². The molecule has 80 valence electrons. The van der Waals surface area contributed by atoms with Gasteiger partial charge in [0.05, 0.1) is 6.54 Å². The molecule has 15 heavy (non-hydrogen) atoms. The largest absolute Gasteiger partial charge is 0.382 e. The van der Waals surface area contributed by atoms with Gasteiger partial charge in [0.15, 0.2) is 11.6 Å². The summed E-state index contributed by atoms with van der Waals surface area (Å²) >= 11 is 0. The van der Waals surface area contributed by atoms with E-state index >= 15 is 0 Å². The Bertz CT molecular complexity index is 455. The Morgan fingerprint density at radius 2 is 2.40 bits per heavy atom. The Morgan fingerprint density at radius 3 is 2.93 bits per heavy atom. The summed E-state index contributed by atoms with van der Waals surface area (Å²) in [5.41, 5.74) is 5.70. The molecule has 0 saturated carbocycles. The van der Waals surface area contributed by atoms with Gasteiger partial charge in [-0.3, -0.25) is 0 Å². The summed E-state index contributed by atoms with van der Waals surface area (Å²) in [5, 5.41) is 10.8. The second kappa shape index (κ2) is 3.60. The normalized spacial score (nSPS) is 10.5. The Hall–Kier alpha value is -2.05. The van der Waals surface area contributed by atoms with E-state index in [1.165, 1.54) is 0 Å². The molecule has 0 aliphatic heterocycles. The smallest absolute Gasteiger partial charge is 0.169 e. The first kappa shape index (κ1) is 9.50. The topological polar surface area (TPSA) is 97.4 Å². The molecule has 0 unspecified atom stereocenters. The summed E-state index contributed by atoms with van der Waals surface area (Å²) in [6.45, 7) is 2.40. The highest BCUT2D eigenvalue weighted by molar-refractivity contribution is 5.56. The molecule has 7 heteroatoms. The Labute approximate surface area is 86.7 Å². The predicted molar refractivity (Wildman–Crippen MR) is 56.1 cm³/mol. The van der Waals surface area contributed by atoms with Crippen LogP contribution in [0.3, 0.4) is 0 Å². The first-order valence-corrected chi connectivity index (χ1v) is 4.55. The van der Waals surface area contributed by atoms with Crippen LogP contribution in [0, 0.1) is 6.92 Å². The maximum Gasteiger partial charge on any atom is 0.169 e. The molecular formula is C8H13N7. The third-order valence-electron chi connectivity index (χ3n) is 2.07. The zero-order valence-electron chi connectivity index (χ0n) is 8.65. The van der Waals surface area contributed by atoms with Gasteiger partial charge in [-0.1, -0.05) is 0 Å². The van der Waals surface area contributed by atoms with Crippen LogP contribution in [0.5, 0.6) is 0 Å². The SMILES string of the molecule is Cc1nc(NCc2nncn2C)c(N)[nH]1. The monoisotopic (exact) mass is 207 g/mol. The van der Waals surface area contributed by atoms with E-state index in [0.29, 0.717) is 18.2 Å². The Balaban J connectivity index is 2.05. The van der Waals surface area contributed by atoms with Gasteiger partial charge in [0.2, 0.25) is 0 Å². The lowest BCUT2D eigenvalue weighted by Crippen LogP contribution is -2.07. The molecule has 0 aromatic carbocycles. The van der Waals surface area contributed by atoms with Crippen molar-refractivity contribution in [3.8, 4) is 0 Å². The highest BCUT2D eigenvalue weighted by Crippen LogP contribution is 2.14. The van der Waals surface area contributed by atoms with Crippen molar-refractivity contribution in [3.05, 3.63) is 18.0 Å². The van der Waals surface area contributed by atoms with Gasteiger partial charge in [0, 0.05) is 7.05 Å². The average molecular weight is 207 g/mol. The number of H-pyrrole nitrogens is 1. The number of imidazole rings is 1. The van der Waals surface area contributed by atoms with Crippen LogP contribution in [0.25, 0.3) is 0 Å². The van der Waals surface area contributed by atoms with Crippen LogP contribution < -0.4 is 11.1 Å². The molecule has 7 nitrogen and oxygen atoms in total. The zero-order chi connectivity index (χ0) is 10.8. The standard InChI is InChI=1S/C8H13N7/c1-5-12-7(9)8(13-5)10-3-6-14-11-4-15(6)2/h4,10H,3,9H2,1-2H3,(H,12,13). The number of aromatic amines is 1. The fraction of sp³-hybridized carbons (Fsp3) is 0.375. The second-order valence-corrected chi connectivity index (χ2v) is 3.30. The number of nitrogens with one attached hydrogen (secondary N) is 2. The van der Waals surface area contributed by atoms with Crippen LogP contribution >= 0.6 is 0 Å². The van der Waals surface area contributed by atoms with Crippen LogP contribution in [0.2, 0.25) is 0 Å². The van der Waals surface area contributed by atoms with Crippen molar-refractivity contribution in [1.82, 2.24) is 24.7 Å². The van der Waals surface area contributed by atoms with Crippen molar-refractivity contribution in [1.29, 1.82) is 0 Å². The van der Waals surface area contributed by atoms with Crippen molar-refractivity contribution < 1.29 is 0 Å². The molecule has 2 rings (SSSR count). The van der Waals surface area contributed by atoms with E-state index in [9.17, 15) is 0 Å². The summed E-state index contributed by atoms with van der Waals surface area (Å²) in [6.07, 6.45) is 1.65. The first-order valence-electron chi connectivity index (χ1n) is 4.55. The Morgan fingerprint density at radius 1 is 1.60 bits per heavy atom. The maximum atomic E-state index is 5.70. The van der Waals surface area contributed by atoms with Crippen LogP contribution in [-0.2, 0) is 13.6 Å². The number of nitrogens with two attached hydrogens (primary N) is 1. The molecule has 0 fully saturated rings. The molecule has 0 radical (unpaired) electrons. The van der Waals surface area contributed by atoms with Crippen molar-refractivity contribution >= 4 is 11.6 Å². The van der Waals surface area contributed by atoms with E-state index in [4.69, 9.17) is 5.73 Å². The molecule has 0 saturated heterocycles. The molecule has 0 bridgehead atoms. The fourth-order valence-electron chi connectivity index (χ4n) is 1.27. The van der Waals surface area contributed by atoms with Gasteiger partial charge in [-0.15, -0.1) is 10.2 Å². The number of nitrogen functional groups attached to an aromatic ring is 1. The van der Waals surface area contributed by atoms with Gasteiger partial charge in [0.1, 0.15) is 18.0 Å². The maximum absolute atomic E-state index is 5.70. The lowest BCUT2D eigenvalue weighted by molar-refractivity contribution is 0.810. The molecule has 2 aromatic heterocycles. The van der Waals surface area contributed by atoms with Crippen molar-refractivity contribution in [2.75, 3.05) is 11.1 Å². The van der Waals surface area contributed by atoms with E-state index in [1.807, 2.05) is 18.5 Å². The van der Waals surface area contributed by atoms with E-state index in [0.717, 1.165) is 11.6 Å². The lowest BCUT2D eigenvalue weighted by atomic mass is 10.5. The van der Waals surface area contributed by atoms with E-state index in [2.05, 4.69) is 25.5 Å². The number of nitrogens with zero attached hydrogens (tertiary/aromatic N) is 4. The summed E-state index contributed by atoms with van der Waals surface area (Å²) < 4.78 is 1.84. The zero-order valence-corrected chi connectivity index (χ0v) is 8.65. The minimum absolute atomic E-state index is 0.537. The van der Waals surface area contributed by atoms with Gasteiger partial charge >= 0.3 is 0 Å². The number of rotatable bonds is 3. The molecule has 2 heterocycles. The van der Waals surface area contributed by atoms with Gasteiger partial charge < -0.3 is 20.6 Å². The van der Waals surface area contributed by atoms with Crippen molar-refractivity contribution in [3.63, 3.8) is 0 Å². The predicted octanol–water partition coefficient (Wildman–Crippen LogP) is 0.0409. The van der Waals surface area contributed by atoms with Crippen molar-refractivity contribution in [2.24, 2.45) is 7.05 Å². The highest BCUT2D eigenvalue weighted by atomic mass is 15.3. The van der Waals surface area contributed by atoms with Gasteiger partial charge in [-0.25, -0.2) is 4.98 Å². The number of hydrogen-bond acceptors (Lipinski definition) is 5. The third kappa shape index (κ3) is 1.90. The molecule has 4 N–H and O–H groups in total. The van der Waals surface area contributed by atoms with Crippen LogP contribution in [0.1, 0.15) is 11.6 Å². The van der Waals surface area contributed by atoms with Crippen LogP contribution in [0.4, 0.5) is 11.6 Å². The van der Waals surface area contributed by atoms with E-state index < -0.39 is 0 Å². The summed E-state index contributed by atoms with van der Waals surface area (Å²) in [5.74, 6) is 2.80. The summed E-state index contributed by atoms with van der Waals surface area (Å²) in [4.78, 5) is 7.10. The average Bonchev–Trinajstić information content (AvgIpc) is 2.70. The molecule has 0 spiro atoms. The number of aryl methyl sites for hydroxylation is 2. The molecule has 0 amide bonds. The van der Waals surface area contributed by atoms with Crippen molar-refractivity contribution in [2.45, 2.75) is 13.5 Å². The molecule has 0 aliphatic rings. The van der Waals surface area contributed by atoms with E-state index in [1.54, 1.807) is 6.33 Å². The summed E-state index contributed by atoms with van der Waals surface area (Å²) in [6, 6.07) is 0. The quantitative estimate of drug-likeness (QED) is 0.660. The van der Waals surface area contributed by atoms with E-state index in [-0.39, 0.29) is 0 Å². The third-order valence-corrected chi connectivity index (χ3v) is 2.07. The highest BCUT2D eigenvalue weighted by Gasteiger charge is 2.05. The van der Waals surface area contributed by atoms with Crippen LogP contribution in [0.15, 0.2) is 6.33 Å². The molecular weight excluding hydrogens is 194 g/mol. The first-order chi connectivity index (χ1) is 7.16. The van der Waals surface area contributed by atoms with Gasteiger partial charge in [0.25, 0.3) is 0 Å². The second-order valence-electron chi connectivity index (χ2n) is 3.30. The lowest BCUT2D eigenvalue weighted by Gasteiger charge is -2.02. The minimum Gasteiger partial charge on any atom is -0.382 e. The molecule has 0 aliphatic carbocycles. The number of aromatic nitrogens is 5. The fourth-order valence-corrected chi connectivity index (χ4v) is 1.27. The molecule has 0 atom stereocenters. The minimum atomic E-state index is 0.537. The Kier molecular flexibility index (Phi) is 2.28. The molecule has 2 aromatic rings. The number of hydrogen-bond donors (Lipinski definition) is 3. The number of anilines is 2.